The van der Waals surface area contributed by atoms with Crippen LogP contribution in [0, 0.1) is 17.7 Å². The van der Waals surface area contributed by atoms with Crippen molar-refractivity contribution in [2.45, 2.75) is 71.4 Å². The third-order valence-electron chi connectivity index (χ3n) is 6.87. The fourth-order valence-corrected chi connectivity index (χ4v) is 4.71. The van der Waals surface area contributed by atoms with Crippen LogP contribution in [0.25, 0.3) is 11.1 Å². The van der Waals surface area contributed by atoms with Gasteiger partial charge >= 0.3 is 0 Å². The fourth-order valence-electron chi connectivity index (χ4n) is 4.71. The largest absolute Gasteiger partial charge is 0.348 e. The molecule has 0 radical (unpaired) electrons. The van der Waals surface area contributed by atoms with E-state index in [-0.39, 0.29) is 12.1 Å². The second-order valence-electron chi connectivity index (χ2n) is 9.73. The smallest absolute Gasteiger partial charge is 0.183 e. The van der Waals surface area contributed by atoms with Crippen LogP contribution in [0.2, 0.25) is 0 Å². The predicted molar refractivity (Wildman–Crippen MR) is 132 cm³/mol. The summed E-state index contributed by atoms with van der Waals surface area (Å²) in [7, 11) is 0. The van der Waals surface area contributed by atoms with E-state index < -0.39 is 6.29 Å². The molecule has 0 saturated carbocycles. The number of ether oxygens (including phenoxy) is 4. The van der Waals surface area contributed by atoms with Gasteiger partial charge < -0.3 is 18.9 Å². The molecule has 2 aliphatic rings. The molecular formula is C29H39FO4. The van der Waals surface area contributed by atoms with Crippen LogP contribution >= 0.6 is 0 Å². The van der Waals surface area contributed by atoms with Crippen LogP contribution in [0.1, 0.15) is 82.5 Å². The highest BCUT2D eigenvalue weighted by Crippen LogP contribution is 2.33. The van der Waals surface area contributed by atoms with Gasteiger partial charge in [-0.25, -0.2) is 4.39 Å². The minimum atomic E-state index is -0.491. The Morgan fingerprint density at radius 2 is 1.21 bits per heavy atom. The summed E-state index contributed by atoms with van der Waals surface area (Å²) in [6.45, 7) is 7.21. The second-order valence-corrected chi connectivity index (χ2v) is 9.73. The maximum atomic E-state index is 15.0. The van der Waals surface area contributed by atoms with Crippen molar-refractivity contribution in [3.8, 4) is 11.1 Å². The molecular weight excluding hydrogens is 431 g/mol. The number of hydrogen-bond donors (Lipinski definition) is 0. The lowest BCUT2D eigenvalue weighted by Gasteiger charge is -2.30. The Hall–Kier alpha value is -1.79. The molecule has 0 bridgehead atoms. The van der Waals surface area contributed by atoms with Crippen LogP contribution in [0.4, 0.5) is 4.39 Å². The van der Waals surface area contributed by atoms with Crippen LogP contribution < -0.4 is 0 Å². The molecule has 0 aromatic heterocycles. The molecule has 0 aliphatic carbocycles. The standard InChI is InChI=1S/C29H39FO4/c1-3-5-7-9-22-19-31-28(32-20-22)24-12-10-23(11-13-24)26-15-14-25(16-27(26)30)29-33-17-21(18-34-29)8-6-4-2/h10-16,21-22,28-29H,3-9,17-20H2,1-2H3. The molecule has 4 nitrogen and oxygen atoms in total. The lowest BCUT2D eigenvalue weighted by atomic mass is 10.00. The van der Waals surface area contributed by atoms with E-state index in [4.69, 9.17) is 18.9 Å². The molecule has 0 N–H and O–H groups in total. The average Bonchev–Trinajstić information content (AvgIpc) is 2.88. The van der Waals surface area contributed by atoms with Crippen molar-refractivity contribution in [2.75, 3.05) is 26.4 Å². The van der Waals surface area contributed by atoms with Gasteiger partial charge in [0.05, 0.1) is 26.4 Å². The van der Waals surface area contributed by atoms with Gasteiger partial charge in [-0.15, -0.1) is 0 Å². The van der Waals surface area contributed by atoms with Gasteiger partial charge in [-0.3, -0.25) is 0 Å². The van der Waals surface area contributed by atoms with Crippen LogP contribution in [0.15, 0.2) is 42.5 Å². The molecule has 4 rings (SSSR count). The zero-order valence-electron chi connectivity index (χ0n) is 20.6. The molecule has 2 aliphatic heterocycles. The van der Waals surface area contributed by atoms with E-state index in [1.54, 1.807) is 0 Å². The maximum absolute atomic E-state index is 15.0. The van der Waals surface area contributed by atoms with E-state index in [0.717, 1.165) is 42.7 Å². The SMILES string of the molecule is CCCCCC1COC(c2ccc(-c3ccc(C4OCC(CCCC)CO4)cc3F)cc2)OC1. The van der Waals surface area contributed by atoms with E-state index in [2.05, 4.69) is 13.8 Å². The number of benzene rings is 2. The summed E-state index contributed by atoms with van der Waals surface area (Å²) in [6, 6.07) is 13.0. The summed E-state index contributed by atoms with van der Waals surface area (Å²) in [6.07, 6.45) is 7.52. The van der Waals surface area contributed by atoms with Gasteiger partial charge in [0.25, 0.3) is 0 Å². The Bertz CT molecular complexity index is 868. The van der Waals surface area contributed by atoms with E-state index in [0.29, 0.717) is 30.6 Å². The Balaban J connectivity index is 1.32. The van der Waals surface area contributed by atoms with E-state index >= 15 is 0 Å². The summed E-state index contributed by atoms with van der Waals surface area (Å²) < 4.78 is 38.7. The van der Waals surface area contributed by atoms with Gasteiger partial charge in [0.15, 0.2) is 12.6 Å². The number of rotatable bonds is 10. The summed E-state index contributed by atoms with van der Waals surface area (Å²) in [5, 5.41) is 0. The molecule has 0 spiro atoms. The highest BCUT2D eigenvalue weighted by Gasteiger charge is 2.25. The zero-order chi connectivity index (χ0) is 23.8. The zero-order valence-corrected chi connectivity index (χ0v) is 20.6. The van der Waals surface area contributed by atoms with Crippen LogP contribution in [0.3, 0.4) is 0 Å². The first-order valence-corrected chi connectivity index (χ1v) is 13.0. The highest BCUT2D eigenvalue weighted by molar-refractivity contribution is 5.65. The highest BCUT2D eigenvalue weighted by atomic mass is 19.1. The minimum Gasteiger partial charge on any atom is -0.348 e. The van der Waals surface area contributed by atoms with Crippen molar-refractivity contribution in [1.29, 1.82) is 0 Å². The van der Waals surface area contributed by atoms with Gasteiger partial charge in [0.2, 0.25) is 0 Å². The first-order chi connectivity index (χ1) is 16.7. The van der Waals surface area contributed by atoms with E-state index in [1.807, 2.05) is 36.4 Å². The lowest BCUT2D eigenvalue weighted by Crippen LogP contribution is -2.27. The Kier molecular flexibility index (Phi) is 9.51. The van der Waals surface area contributed by atoms with Crippen molar-refractivity contribution < 1.29 is 23.3 Å². The maximum Gasteiger partial charge on any atom is 0.183 e. The van der Waals surface area contributed by atoms with Crippen molar-refractivity contribution in [3.05, 3.63) is 59.4 Å². The van der Waals surface area contributed by atoms with Gasteiger partial charge in [-0.2, -0.15) is 0 Å². The normalized spacial score (nSPS) is 25.4. The summed E-state index contributed by atoms with van der Waals surface area (Å²) in [5.41, 5.74) is 3.08. The monoisotopic (exact) mass is 470 g/mol. The predicted octanol–water partition coefficient (Wildman–Crippen LogP) is 7.59. The third-order valence-corrected chi connectivity index (χ3v) is 6.87. The molecule has 2 aromatic rings. The summed E-state index contributed by atoms with van der Waals surface area (Å²) in [4.78, 5) is 0. The van der Waals surface area contributed by atoms with Gasteiger partial charge in [0.1, 0.15) is 5.82 Å². The number of hydrogen-bond acceptors (Lipinski definition) is 4. The Morgan fingerprint density at radius 3 is 1.76 bits per heavy atom. The lowest BCUT2D eigenvalue weighted by molar-refractivity contribution is -0.206. The minimum absolute atomic E-state index is 0.273. The molecule has 0 unspecified atom stereocenters. The molecule has 0 atom stereocenters. The Morgan fingerprint density at radius 1 is 0.676 bits per heavy atom. The number of halogens is 1. The summed E-state index contributed by atoms with van der Waals surface area (Å²) in [5.74, 6) is 0.641. The van der Waals surface area contributed by atoms with Crippen molar-refractivity contribution in [1.82, 2.24) is 0 Å². The molecule has 2 heterocycles. The topological polar surface area (TPSA) is 36.9 Å². The average molecular weight is 471 g/mol. The van der Waals surface area contributed by atoms with Gasteiger partial charge in [-0.1, -0.05) is 82.3 Å². The molecule has 2 aromatic carbocycles. The summed E-state index contributed by atoms with van der Waals surface area (Å²) >= 11 is 0. The molecule has 186 valence electrons. The van der Waals surface area contributed by atoms with Crippen molar-refractivity contribution in [3.63, 3.8) is 0 Å². The van der Waals surface area contributed by atoms with Crippen LogP contribution in [-0.4, -0.2) is 26.4 Å². The third kappa shape index (κ3) is 6.66. The van der Waals surface area contributed by atoms with E-state index in [1.165, 1.54) is 38.2 Å². The van der Waals surface area contributed by atoms with Crippen molar-refractivity contribution in [2.24, 2.45) is 11.8 Å². The second kappa shape index (κ2) is 12.8. The fraction of sp³-hybridized carbons (Fsp3) is 0.586. The molecule has 5 heteroatoms. The van der Waals surface area contributed by atoms with E-state index in [9.17, 15) is 4.39 Å². The van der Waals surface area contributed by atoms with Crippen LogP contribution in [0.5, 0.6) is 0 Å². The van der Waals surface area contributed by atoms with Crippen molar-refractivity contribution >= 4 is 0 Å². The first-order valence-electron chi connectivity index (χ1n) is 13.0. The quantitative estimate of drug-likeness (QED) is 0.335. The van der Waals surface area contributed by atoms with Gasteiger partial charge in [-0.05, 0) is 24.5 Å². The molecule has 2 saturated heterocycles. The molecule has 0 amide bonds. The van der Waals surface area contributed by atoms with Crippen LogP contribution in [-0.2, 0) is 18.9 Å². The number of unbranched alkanes of at least 4 members (excludes halogenated alkanes) is 3. The molecule has 2 fully saturated rings. The van der Waals surface area contributed by atoms with Gasteiger partial charge in [0, 0.05) is 28.5 Å². The first kappa shape index (κ1) is 25.3. The Labute approximate surface area is 203 Å². The molecule has 34 heavy (non-hydrogen) atoms.